The summed E-state index contributed by atoms with van der Waals surface area (Å²) >= 11 is 0. The Bertz CT molecular complexity index is 273. The minimum Gasteiger partial charge on any atom is -0.301 e. The molecular weight excluding hydrogens is 196 g/mol. The van der Waals surface area contributed by atoms with Gasteiger partial charge in [0.15, 0.2) is 0 Å². The van der Waals surface area contributed by atoms with Gasteiger partial charge in [0, 0.05) is 11.1 Å². The van der Waals surface area contributed by atoms with Crippen LogP contribution in [0.1, 0.15) is 41.5 Å². The molecule has 0 aliphatic rings. The fourth-order valence-corrected chi connectivity index (χ4v) is 0.795. The first-order valence-corrected chi connectivity index (χ1v) is 5.66. The smallest absolute Gasteiger partial charge is 0.0590 e. The molecule has 0 aliphatic carbocycles. The number of hydrogen-bond acceptors (Lipinski definition) is 2. The highest BCUT2D eigenvalue weighted by molar-refractivity contribution is 5.26. The van der Waals surface area contributed by atoms with Gasteiger partial charge in [0.25, 0.3) is 0 Å². The van der Waals surface area contributed by atoms with Crippen molar-refractivity contribution in [3.05, 3.63) is 0 Å². The van der Waals surface area contributed by atoms with Crippen molar-refractivity contribution in [3.63, 3.8) is 0 Å². The lowest BCUT2D eigenvalue weighted by molar-refractivity contribution is 0.452. The zero-order chi connectivity index (χ0) is 12.7. The van der Waals surface area contributed by atoms with Gasteiger partial charge in [0.2, 0.25) is 0 Å². The molecule has 0 aromatic rings. The molecule has 0 radical (unpaired) electrons. The SMILES string of the molecule is CC(C)(C)NCC#CC#CCNC(C)(C)C. The molecule has 0 fully saturated rings. The summed E-state index contributed by atoms with van der Waals surface area (Å²) in [4.78, 5) is 0. The van der Waals surface area contributed by atoms with E-state index in [0.29, 0.717) is 13.1 Å². The predicted molar refractivity (Wildman–Crippen MR) is 71.1 cm³/mol. The molecule has 0 atom stereocenters. The molecule has 2 N–H and O–H groups in total. The van der Waals surface area contributed by atoms with E-state index in [4.69, 9.17) is 0 Å². The maximum atomic E-state index is 3.28. The van der Waals surface area contributed by atoms with Gasteiger partial charge in [-0.15, -0.1) is 0 Å². The molecule has 0 bridgehead atoms. The van der Waals surface area contributed by atoms with E-state index in [9.17, 15) is 0 Å². The largest absolute Gasteiger partial charge is 0.301 e. The number of rotatable bonds is 2. The molecule has 0 aromatic heterocycles. The Kier molecular flexibility index (Phi) is 6.19. The van der Waals surface area contributed by atoms with Crippen molar-refractivity contribution in [2.75, 3.05) is 13.1 Å². The summed E-state index contributed by atoms with van der Waals surface area (Å²) < 4.78 is 0. The van der Waals surface area contributed by atoms with Crippen LogP contribution in [0, 0.1) is 23.7 Å². The summed E-state index contributed by atoms with van der Waals surface area (Å²) in [5.74, 6) is 11.6. The molecule has 0 rings (SSSR count). The minimum atomic E-state index is 0.121. The van der Waals surface area contributed by atoms with Crippen molar-refractivity contribution in [2.45, 2.75) is 52.6 Å². The second-order valence-electron chi connectivity index (χ2n) is 5.81. The number of nitrogens with one attached hydrogen (secondary N) is 2. The Morgan fingerprint density at radius 2 is 1.00 bits per heavy atom. The third-order valence-corrected chi connectivity index (χ3v) is 1.65. The van der Waals surface area contributed by atoms with Crippen molar-refractivity contribution in [2.24, 2.45) is 0 Å². The minimum absolute atomic E-state index is 0.121. The van der Waals surface area contributed by atoms with Crippen molar-refractivity contribution in [3.8, 4) is 23.7 Å². The third-order valence-electron chi connectivity index (χ3n) is 1.65. The first kappa shape index (κ1) is 15.0. The molecule has 0 saturated carbocycles. The maximum Gasteiger partial charge on any atom is 0.0590 e. The van der Waals surface area contributed by atoms with E-state index in [1.54, 1.807) is 0 Å². The molecule has 0 amide bonds. The summed E-state index contributed by atoms with van der Waals surface area (Å²) in [6, 6.07) is 0. The Morgan fingerprint density at radius 3 is 1.25 bits per heavy atom. The average Bonchev–Trinajstić information content (AvgIpc) is 2.06. The zero-order valence-electron chi connectivity index (χ0n) is 11.4. The van der Waals surface area contributed by atoms with Crippen LogP contribution in [0.15, 0.2) is 0 Å². The Hall–Kier alpha value is -0.960. The van der Waals surface area contributed by atoms with Gasteiger partial charge in [-0.25, -0.2) is 0 Å². The van der Waals surface area contributed by atoms with Crippen LogP contribution in [0.5, 0.6) is 0 Å². The molecule has 0 heterocycles. The van der Waals surface area contributed by atoms with Gasteiger partial charge in [-0.05, 0) is 53.4 Å². The summed E-state index contributed by atoms with van der Waals surface area (Å²) in [6.07, 6.45) is 0. The molecule has 0 unspecified atom stereocenters. The van der Waals surface area contributed by atoms with Gasteiger partial charge in [0.1, 0.15) is 0 Å². The third kappa shape index (κ3) is 13.0. The maximum absolute atomic E-state index is 3.28. The second-order valence-corrected chi connectivity index (χ2v) is 5.81. The summed E-state index contributed by atoms with van der Waals surface area (Å²) in [7, 11) is 0. The predicted octanol–water partition coefficient (Wildman–Crippen LogP) is 1.77. The molecule has 90 valence electrons. The highest BCUT2D eigenvalue weighted by Gasteiger charge is 2.06. The highest BCUT2D eigenvalue weighted by Crippen LogP contribution is 1.96. The first-order valence-electron chi connectivity index (χ1n) is 5.66. The topological polar surface area (TPSA) is 24.1 Å². The fraction of sp³-hybridized carbons (Fsp3) is 0.714. The van der Waals surface area contributed by atoms with Gasteiger partial charge in [-0.3, -0.25) is 0 Å². The molecule has 0 aliphatic heterocycles. The van der Waals surface area contributed by atoms with E-state index in [1.807, 2.05) is 0 Å². The molecular formula is C14H24N2. The monoisotopic (exact) mass is 220 g/mol. The summed E-state index contributed by atoms with van der Waals surface area (Å²) in [6.45, 7) is 14.1. The molecule has 2 heteroatoms. The zero-order valence-corrected chi connectivity index (χ0v) is 11.4. The molecule has 16 heavy (non-hydrogen) atoms. The van der Waals surface area contributed by atoms with Gasteiger partial charge in [-0.2, -0.15) is 0 Å². The first-order chi connectivity index (χ1) is 7.21. The molecule has 0 spiro atoms. The van der Waals surface area contributed by atoms with Crippen LogP contribution in [0.25, 0.3) is 0 Å². The highest BCUT2D eigenvalue weighted by atomic mass is 14.9. The Balaban J connectivity index is 3.73. The van der Waals surface area contributed by atoms with Crippen LogP contribution in [-0.4, -0.2) is 24.2 Å². The van der Waals surface area contributed by atoms with E-state index in [0.717, 1.165) is 0 Å². The normalized spacial score (nSPS) is 11.1. The van der Waals surface area contributed by atoms with Crippen LogP contribution >= 0.6 is 0 Å². The number of hydrogen-bond donors (Lipinski definition) is 2. The lowest BCUT2D eigenvalue weighted by Gasteiger charge is -2.18. The van der Waals surface area contributed by atoms with E-state index < -0.39 is 0 Å². The van der Waals surface area contributed by atoms with E-state index >= 15 is 0 Å². The van der Waals surface area contributed by atoms with Crippen LogP contribution in [0.2, 0.25) is 0 Å². The summed E-state index contributed by atoms with van der Waals surface area (Å²) in [5, 5.41) is 6.56. The molecule has 0 aromatic carbocycles. The lowest BCUT2D eigenvalue weighted by Crippen LogP contribution is -2.36. The molecule has 0 saturated heterocycles. The standard InChI is InChI=1S/C14H24N2/c1-13(2,3)15-11-9-7-8-10-12-16-14(4,5)6/h15-16H,11-12H2,1-6H3. The van der Waals surface area contributed by atoms with Crippen molar-refractivity contribution >= 4 is 0 Å². The second kappa shape index (κ2) is 6.59. The van der Waals surface area contributed by atoms with E-state index in [1.165, 1.54) is 0 Å². The van der Waals surface area contributed by atoms with Crippen molar-refractivity contribution in [1.82, 2.24) is 10.6 Å². The summed E-state index contributed by atoms with van der Waals surface area (Å²) in [5.41, 5.74) is 0.242. The lowest BCUT2D eigenvalue weighted by atomic mass is 10.1. The fourth-order valence-electron chi connectivity index (χ4n) is 0.795. The van der Waals surface area contributed by atoms with Crippen molar-refractivity contribution < 1.29 is 0 Å². The Labute approximate surface area is 101 Å². The average molecular weight is 220 g/mol. The van der Waals surface area contributed by atoms with Crippen LogP contribution in [-0.2, 0) is 0 Å². The van der Waals surface area contributed by atoms with Gasteiger partial charge >= 0.3 is 0 Å². The van der Waals surface area contributed by atoms with Crippen LogP contribution < -0.4 is 10.6 Å². The van der Waals surface area contributed by atoms with Crippen LogP contribution in [0.4, 0.5) is 0 Å². The Morgan fingerprint density at radius 1 is 0.688 bits per heavy atom. The quantitative estimate of drug-likeness (QED) is 0.693. The van der Waals surface area contributed by atoms with Gasteiger partial charge in [-0.1, -0.05) is 11.8 Å². The van der Waals surface area contributed by atoms with Crippen molar-refractivity contribution in [1.29, 1.82) is 0 Å². The van der Waals surface area contributed by atoms with Crippen LogP contribution in [0.3, 0.4) is 0 Å². The molecule has 2 nitrogen and oxygen atoms in total. The van der Waals surface area contributed by atoms with Gasteiger partial charge in [0.05, 0.1) is 13.1 Å². The van der Waals surface area contributed by atoms with Gasteiger partial charge < -0.3 is 10.6 Å². The van der Waals surface area contributed by atoms with E-state index in [2.05, 4.69) is 75.9 Å². The van der Waals surface area contributed by atoms with E-state index in [-0.39, 0.29) is 11.1 Å².